The van der Waals surface area contributed by atoms with Gasteiger partial charge in [0, 0.05) is 62.7 Å². The van der Waals surface area contributed by atoms with Gasteiger partial charge in [-0.05, 0) is 12.5 Å². The predicted octanol–water partition coefficient (Wildman–Crippen LogP) is 1.53. The fourth-order valence-electron chi connectivity index (χ4n) is 4.08. The molecule has 3 aromatic heterocycles. The van der Waals surface area contributed by atoms with Gasteiger partial charge in [-0.25, -0.2) is 15.0 Å². The molecule has 0 radical (unpaired) electrons. The molecule has 3 aromatic rings. The summed E-state index contributed by atoms with van der Waals surface area (Å²) in [5.41, 5.74) is 2.55. The minimum atomic E-state index is 0.250. The number of anilines is 1. The highest BCUT2D eigenvalue weighted by Crippen LogP contribution is 2.43. The lowest BCUT2D eigenvalue weighted by Gasteiger charge is -2.23. The van der Waals surface area contributed by atoms with E-state index in [2.05, 4.69) is 29.5 Å². The second kappa shape index (κ2) is 4.90. The van der Waals surface area contributed by atoms with E-state index in [9.17, 15) is 0 Å². The molecule has 5 rings (SSSR count). The Hall–Kier alpha value is -2.70. The molecular weight excluding hydrogens is 302 g/mol. The standard InChI is InChI=1S/C17H19N7/c1-22-10-13(8-21-22)14-9-20-15-7-17(12-24(14)15)3-6-23(11-17)16-18-4-2-5-19-16/h2,4-5,8-10H,3,6-7,11-12H2,1H3/t17-/m1/s1. The van der Waals surface area contributed by atoms with Crippen LogP contribution in [-0.4, -0.2) is 42.4 Å². The second-order valence-electron chi connectivity index (χ2n) is 6.95. The number of hydrogen-bond donors (Lipinski definition) is 0. The third-order valence-electron chi connectivity index (χ3n) is 5.24. The lowest BCUT2D eigenvalue weighted by molar-refractivity contribution is 0.320. The first kappa shape index (κ1) is 13.7. The van der Waals surface area contributed by atoms with Crippen LogP contribution in [-0.2, 0) is 20.0 Å². The Balaban J connectivity index is 1.42. The van der Waals surface area contributed by atoms with Crippen molar-refractivity contribution >= 4 is 5.95 Å². The van der Waals surface area contributed by atoms with E-state index in [1.807, 2.05) is 48.8 Å². The monoisotopic (exact) mass is 321 g/mol. The van der Waals surface area contributed by atoms with Gasteiger partial charge in [-0.3, -0.25) is 4.68 Å². The molecule has 2 aliphatic heterocycles. The quantitative estimate of drug-likeness (QED) is 0.716. The van der Waals surface area contributed by atoms with Crippen molar-refractivity contribution in [3.8, 4) is 11.3 Å². The number of aryl methyl sites for hydroxylation is 1. The molecule has 1 saturated heterocycles. The van der Waals surface area contributed by atoms with E-state index in [4.69, 9.17) is 0 Å². The molecule has 0 aliphatic carbocycles. The minimum Gasteiger partial charge on any atom is -0.340 e. The first-order valence-corrected chi connectivity index (χ1v) is 8.28. The van der Waals surface area contributed by atoms with Crippen LogP contribution in [0.25, 0.3) is 11.3 Å². The highest BCUT2D eigenvalue weighted by atomic mass is 15.3. The van der Waals surface area contributed by atoms with Crippen LogP contribution in [0, 0.1) is 5.41 Å². The van der Waals surface area contributed by atoms with E-state index in [1.54, 1.807) is 0 Å². The van der Waals surface area contributed by atoms with E-state index >= 15 is 0 Å². The Kier molecular flexibility index (Phi) is 2.80. The maximum Gasteiger partial charge on any atom is 0.225 e. The third-order valence-corrected chi connectivity index (χ3v) is 5.24. The molecule has 1 spiro atoms. The lowest BCUT2D eigenvalue weighted by atomic mass is 9.86. The largest absolute Gasteiger partial charge is 0.340 e. The van der Waals surface area contributed by atoms with Crippen molar-refractivity contribution in [3.63, 3.8) is 0 Å². The molecule has 0 N–H and O–H groups in total. The number of hydrogen-bond acceptors (Lipinski definition) is 5. The van der Waals surface area contributed by atoms with Crippen LogP contribution in [0.3, 0.4) is 0 Å². The molecular formula is C17H19N7. The van der Waals surface area contributed by atoms with Crippen molar-refractivity contribution in [1.29, 1.82) is 0 Å². The van der Waals surface area contributed by atoms with Gasteiger partial charge < -0.3 is 9.47 Å². The normalized spacial score (nSPS) is 22.5. The molecule has 24 heavy (non-hydrogen) atoms. The van der Waals surface area contributed by atoms with Gasteiger partial charge in [-0.1, -0.05) is 0 Å². The minimum absolute atomic E-state index is 0.250. The Labute approximate surface area is 140 Å². The van der Waals surface area contributed by atoms with Gasteiger partial charge >= 0.3 is 0 Å². The summed E-state index contributed by atoms with van der Waals surface area (Å²) in [4.78, 5) is 15.8. The van der Waals surface area contributed by atoms with E-state index in [-0.39, 0.29) is 5.41 Å². The summed E-state index contributed by atoms with van der Waals surface area (Å²) in [7, 11) is 1.95. The molecule has 0 aromatic carbocycles. The zero-order chi connectivity index (χ0) is 16.1. The highest BCUT2D eigenvalue weighted by molar-refractivity contribution is 5.58. The van der Waals surface area contributed by atoms with E-state index in [0.717, 1.165) is 44.0 Å². The fourth-order valence-corrected chi connectivity index (χ4v) is 4.08. The molecule has 7 heteroatoms. The van der Waals surface area contributed by atoms with Crippen LogP contribution >= 0.6 is 0 Å². The Morgan fingerprint density at radius 2 is 1.96 bits per heavy atom. The van der Waals surface area contributed by atoms with Crippen molar-refractivity contribution in [2.75, 3.05) is 18.0 Å². The van der Waals surface area contributed by atoms with Gasteiger partial charge in [-0.2, -0.15) is 5.10 Å². The molecule has 0 unspecified atom stereocenters. The molecule has 0 saturated carbocycles. The molecule has 0 bridgehead atoms. The Morgan fingerprint density at radius 3 is 2.75 bits per heavy atom. The maximum atomic E-state index is 4.68. The zero-order valence-corrected chi connectivity index (χ0v) is 13.6. The zero-order valence-electron chi connectivity index (χ0n) is 13.6. The number of imidazole rings is 1. The predicted molar refractivity (Wildman–Crippen MR) is 89.4 cm³/mol. The molecule has 122 valence electrons. The van der Waals surface area contributed by atoms with Gasteiger partial charge in [0.05, 0.1) is 18.1 Å². The first-order valence-electron chi connectivity index (χ1n) is 8.28. The molecule has 1 fully saturated rings. The van der Waals surface area contributed by atoms with Gasteiger partial charge in [0.15, 0.2) is 0 Å². The third kappa shape index (κ3) is 2.04. The molecule has 0 amide bonds. The van der Waals surface area contributed by atoms with E-state index in [1.165, 1.54) is 11.5 Å². The molecule has 7 nitrogen and oxygen atoms in total. The Bertz CT molecular complexity index is 881. The lowest BCUT2D eigenvalue weighted by Crippen LogP contribution is -2.29. The van der Waals surface area contributed by atoms with Gasteiger partial charge in [0.25, 0.3) is 0 Å². The van der Waals surface area contributed by atoms with Crippen LogP contribution in [0.2, 0.25) is 0 Å². The number of rotatable bonds is 2. The maximum absolute atomic E-state index is 4.68. The summed E-state index contributed by atoms with van der Waals surface area (Å²) in [6.45, 7) is 3.01. The molecule has 2 aliphatic rings. The summed E-state index contributed by atoms with van der Waals surface area (Å²) >= 11 is 0. The van der Waals surface area contributed by atoms with Crippen molar-refractivity contribution in [2.45, 2.75) is 19.4 Å². The summed E-state index contributed by atoms with van der Waals surface area (Å²) in [5, 5.41) is 4.29. The van der Waals surface area contributed by atoms with Crippen LogP contribution in [0.15, 0.2) is 37.1 Å². The summed E-state index contributed by atoms with van der Waals surface area (Å²) in [5.74, 6) is 2.02. The summed E-state index contributed by atoms with van der Waals surface area (Å²) in [6, 6.07) is 1.86. The van der Waals surface area contributed by atoms with Crippen molar-refractivity contribution < 1.29 is 0 Å². The van der Waals surface area contributed by atoms with Crippen LogP contribution in [0.1, 0.15) is 12.2 Å². The number of nitrogens with zero attached hydrogens (tertiary/aromatic N) is 7. The van der Waals surface area contributed by atoms with Crippen molar-refractivity contribution in [1.82, 2.24) is 29.3 Å². The van der Waals surface area contributed by atoms with Crippen LogP contribution in [0.5, 0.6) is 0 Å². The number of fused-ring (bicyclic) bond motifs is 1. The smallest absolute Gasteiger partial charge is 0.225 e. The van der Waals surface area contributed by atoms with Gasteiger partial charge in [-0.15, -0.1) is 0 Å². The van der Waals surface area contributed by atoms with E-state index < -0.39 is 0 Å². The van der Waals surface area contributed by atoms with Gasteiger partial charge in [0.2, 0.25) is 5.95 Å². The average Bonchev–Trinajstić information content (AvgIpc) is 3.34. The van der Waals surface area contributed by atoms with E-state index in [0.29, 0.717) is 0 Å². The van der Waals surface area contributed by atoms with Gasteiger partial charge in [0.1, 0.15) is 5.82 Å². The Morgan fingerprint density at radius 1 is 1.08 bits per heavy atom. The number of aromatic nitrogens is 6. The molecule has 5 heterocycles. The van der Waals surface area contributed by atoms with Crippen LogP contribution < -0.4 is 4.90 Å². The fraction of sp³-hybridized carbons (Fsp3) is 0.412. The van der Waals surface area contributed by atoms with Crippen molar-refractivity contribution in [3.05, 3.63) is 42.9 Å². The first-order chi connectivity index (χ1) is 11.7. The average molecular weight is 321 g/mol. The van der Waals surface area contributed by atoms with Crippen LogP contribution in [0.4, 0.5) is 5.95 Å². The van der Waals surface area contributed by atoms with Crippen molar-refractivity contribution in [2.24, 2.45) is 12.5 Å². The molecule has 1 atom stereocenters. The summed E-state index contributed by atoms with van der Waals surface area (Å²) in [6.07, 6.45) is 11.7. The summed E-state index contributed by atoms with van der Waals surface area (Å²) < 4.78 is 4.20. The second-order valence-corrected chi connectivity index (χ2v) is 6.95. The highest BCUT2D eigenvalue weighted by Gasteiger charge is 2.45. The topological polar surface area (TPSA) is 64.7 Å². The SMILES string of the molecule is Cn1cc(-c2cnc3n2C[C@]2(CCN(c4ncccn4)C2)C3)cn1.